The molecule has 2 N–H and O–H groups in total. The molecule has 0 saturated carbocycles. The minimum absolute atomic E-state index is 0.214. The van der Waals surface area contributed by atoms with Gasteiger partial charge in [-0.25, -0.2) is 4.98 Å². The molecule has 1 heterocycles. The molecule has 26 heavy (non-hydrogen) atoms. The van der Waals surface area contributed by atoms with Gasteiger partial charge in [0.05, 0.1) is 23.4 Å². The number of hydrogen-bond donors (Lipinski definition) is 2. The van der Waals surface area contributed by atoms with E-state index in [-0.39, 0.29) is 6.04 Å². The molecule has 0 saturated heterocycles. The van der Waals surface area contributed by atoms with Gasteiger partial charge in [-0.2, -0.15) is 0 Å². The van der Waals surface area contributed by atoms with E-state index in [1.807, 2.05) is 24.5 Å². The minimum Gasteiger partial charge on any atom is -0.357 e. The fourth-order valence-electron chi connectivity index (χ4n) is 2.97. The summed E-state index contributed by atoms with van der Waals surface area (Å²) in [5.74, 6) is 0.861. The van der Waals surface area contributed by atoms with Crippen molar-refractivity contribution in [3.05, 3.63) is 66.5 Å². The highest BCUT2D eigenvalue weighted by atomic mass is 15.2. The van der Waals surface area contributed by atoms with Crippen LogP contribution in [0.5, 0.6) is 0 Å². The number of benzene rings is 2. The lowest BCUT2D eigenvalue weighted by Gasteiger charge is -2.18. The van der Waals surface area contributed by atoms with Gasteiger partial charge in [0.2, 0.25) is 0 Å². The molecular formula is C21H27N5. The van der Waals surface area contributed by atoms with Crippen LogP contribution in [0.3, 0.4) is 0 Å². The lowest BCUT2D eigenvalue weighted by molar-refractivity contribution is 0.651. The van der Waals surface area contributed by atoms with Crippen LogP contribution in [-0.2, 0) is 6.54 Å². The van der Waals surface area contributed by atoms with Crippen LogP contribution in [-0.4, -0.2) is 28.6 Å². The number of nitrogens with zero attached hydrogens (tertiary/aromatic N) is 3. The standard InChI is InChI=1S/C21H27N5/c1-3-22-21(25-17(2)18-10-5-4-6-11-18)23-14-9-15-26-16-24-19-12-7-8-13-20(19)26/h4-8,10-13,16-17H,3,9,14-15H2,1-2H3,(H2,22,23,25). The molecule has 0 bridgehead atoms. The molecule has 2 aromatic carbocycles. The van der Waals surface area contributed by atoms with E-state index in [1.165, 1.54) is 11.1 Å². The number of fused-ring (bicyclic) bond motifs is 1. The predicted octanol–water partition coefficient (Wildman–Crippen LogP) is 3.74. The molecule has 5 nitrogen and oxygen atoms in total. The highest BCUT2D eigenvalue weighted by Crippen LogP contribution is 2.12. The third-order valence-corrected chi connectivity index (χ3v) is 4.35. The first kappa shape index (κ1) is 18.0. The molecule has 1 unspecified atom stereocenters. The first-order valence-electron chi connectivity index (χ1n) is 9.27. The van der Waals surface area contributed by atoms with Crippen molar-refractivity contribution in [3.8, 4) is 0 Å². The molecule has 0 radical (unpaired) electrons. The Kier molecular flexibility index (Phi) is 6.25. The second-order valence-electron chi connectivity index (χ2n) is 6.32. The van der Waals surface area contributed by atoms with Crippen LogP contribution in [0.4, 0.5) is 0 Å². The molecule has 136 valence electrons. The zero-order valence-corrected chi connectivity index (χ0v) is 15.5. The van der Waals surface area contributed by atoms with Gasteiger partial charge >= 0.3 is 0 Å². The Labute approximate surface area is 155 Å². The Morgan fingerprint density at radius 1 is 1.12 bits per heavy atom. The minimum atomic E-state index is 0.214. The van der Waals surface area contributed by atoms with Crippen molar-refractivity contribution < 1.29 is 0 Å². The number of para-hydroxylation sites is 2. The average molecular weight is 349 g/mol. The number of imidazole rings is 1. The number of nitrogens with one attached hydrogen (secondary N) is 2. The van der Waals surface area contributed by atoms with Crippen LogP contribution in [0.1, 0.15) is 31.9 Å². The summed E-state index contributed by atoms with van der Waals surface area (Å²) in [6.45, 7) is 6.77. The van der Waals surface area contributed by atoms with Gasteiger partial charge in [0.15, 0.2) is 5.96 Å². The molecule has 1 aromatic heterocycles. The lowest BCUT2D eigenvalue weighted by atomic mass is 10.1. The summed E-state index contributed by atoms with van der Waals surface area (Å²) < 4.78 is 2.19. The summed E-state index contributed by atoms with van der Waals surface area (Å²) in [5.41, 5.74) is 3.48. The van der Waals surface area contributed by atoms with E-state index in [9.17, 15) is 0 Å². The predicted molar refractivity (Wildman–Crippen MR) is 108 cm³/mol. The van der Waals surface area contributed by atoms with E-state index < -0.39 is 0 Å². The van der Waals surface area contributed by atoms with Crippen LogP contribution >= 0.6 is 0 Å². The molecular weight excluding hydrogens is 322 g/mol. The van der Waals surface area contributed by atoms with Crippen molar-refractivity contribution >= 4 is 17.0 Å². The third kappa shape index (κ3) is 4.63. The summed E-state index contributed by atoms with van der Waals surface area (Å²) in [6.07, 6.45) is 2.88. The Morgan fingerprint density at radius 2 is 1.88 bits per heavy atom. The molecule has 3 rings (SSSR count). The van der Waals surface area contributed by atoms with Gasteiger partial charge in [0, 0.05) is 19.6 Å². The molecule has 0 spiro atoms. The molecule has 0 fully saturated rings. The summed E-state index contributed by atoms with van der Waals surface area (Å²) >= 11 is 0. The fraction of sp³-hybridized carbons (Fsp3) is 0.333. The molecule has 0 aliphatic carbocycles. The van der Waals surface area contributed by atoms with Crippen molar-refractivity contribution in [1.29, 1.82) is 0 Å². The normalized spacial score (nSPS) is 12.9. The maximum atomic E-state index is 4.72. The van der Waals surface area contributed by atoms with Crippen molar-refractivity contribution in [2.24, 2.45) is 4.99 Å². The maximum Gasteiger partial charge on any atom is 0.191 e. The maximum absolute atomic E-state index is 4.72. The monoisotopic (exact) mass is 349 g/mol. The van der Waals surface area contributed by atoms with Gasteiger partial charge in [0.25, 0.3) is 0 Å². The fourth-order valence-corrected chi connectivity index (χ4v) is 2.97. The first-order valence-corrected chi connectivity index (χ1v) is 9.27. The van der Waals surface area contributed by atoms with Gasteiger partial charge in [-0.3, -0.25) is 4.99 Å². The van der Waals surface area contributed by atoms with E-state index in [1.54, 1.807) is 0 Å². The van der Waals surface area contributed by atoms with Crippen LogP contribution in [0, 0.1) is 0 Å². The van der Waals surface area contributed by atoms with E-state index in [0.717, 1.165) is 37.5 Å². The Balaban J connectivity index is 1.55. The van der Waals surface area contributed by atoms with Gasteiger partial charge in [0.1, 0.15) is 0 Å². The molecule has 1 atom stereocenters. The summed E-state index contributed by atoms with van der Waals surface area (Å²) in [6, 6.07) is 18.9. The molecule has 3 aromatic rings. The zero-order chi connectivity index (χ0) is 18.2. The number of aromatic nitrogens is 2. The molecule has 5 heteroatoms. The van der Waals surface area contributed by atoms with Crippen molar-refractivity contribution in [2.75, 3.05) is 13.1 Å². The number of hydrogen-bond acceptors (Lipinski definition) is 2. The van der Waals surface area contributed by atoms with E-state index in [2.05, 4.69) is 70.4 Å². The summed E-state index contributed by atoms with van der Waals surface area (Å²) in [5, 5.41) is 6.80. The molecule has 0 aliphatic heterocycles. The number of aliphatic imine (C=N–C) groups is 1. The second-order valence-corrected chi connectivity index (χ2v) is 6.32. The van der Waals surface area contributed by atoms with Crippen LogP contribution in [0.2, 0.25) is 0 Å². The van der Waals surface area contributed by atoms with Gasteiger partial charge in [-0.05, 0) is 38.0 Å². The SMILES string of the molecule is CCNC(=NCCCn1cnc2ccccc21)NC(C)c1ccccc1. The van der Waals surface area contributed by atoms with Crippen LogP contribution in [0.15, 0.2) is 65.9 Å². The number of rotatable bonds is 7. The van der Waals surface area contributed by atoms with Crippen molar-refractivity contribution in [2.45, 2.75) is 32.9 Å². The average Bonchev–Trinajstić information content (AvgIpc) is 3.09. The van der Waals surface area contributed by atoms with Crippen molar-refractivity contribution in [3.63, 3.8) is 0 Å². The van der Waals surface area contributed by atoms with Gasteiger partial charge in [-0.15, -0.1) is 0 Å². The van der Waals surface area contributed by atoms with Crippen LogP contribution in [0.25, 0.3) is 11.0 Å². The number of aryl methyl sites for hydroxylation is 1. The Morgan fingerprint density at radius 3 is 2.69 bits per heavy atom. The van der Waals surface area contributed by atoms with Gasteiger partial charge < -0.3 is 15.2 Å². The molecule has 0 amide bonds. The summed E-state index contributed by atoms with van der Waals surface area (Å²) in [7, 11) is 0. The smallest absolute Gasteiger partial charge is 0.191 e. The molecule has 0 aliphatic rings. The third-order valence-electron chi connectivity index (χ3n) is 4.35. The topological polar surface area (TPSA) is 54.2 Å². The van der Waals surface area contributed by atoms with E-state index in [4.69, 9.17) is 4.99 Å². The van der Waals surface area contributed by atoms with E-state index in [0.29, 0.717) is 0 Å². The largest absolute Gasteiger partial charge is 0.357 e. The lowest BCUT2D eigenvalue weighted by Crippen LogP contribution is -2.38. The Bertz CT molecular complexity index is 838. The summed E-state index contributed by atoms with van der Waals surface area (Å²) in [4.78, 5) is 9.16. The second kappa shape index (κ2) is 9.04. The highest BCUT2D eigenvalue weighted by Gasteiger charge is 2.07. The number of guanidine groups is 1. The quantitative estimate of drug-likeness (QED) is 0.388. The van der Waals surface area contributed by atoms with Crippen LogP contribution < -0.4 is 10.6 Å². The van der Waals surface area contributed by atoms with Gasteiger partial charge in [-0.1, -0.05) is 42.5 Å². The highest BCUT2D eigenvalue weighted by molar-refractivity contribution is 5.80. The van der Waals surface area contributed by atoms with E-state index >= 15 is 0 Å². The van der Waals surface area contributed by atoms with Crippen molar-refractivity contribution in [1.82, 2.24) is 20.2 Å². The first-order chi connectivity index (χ1) is 12.8. The Hall–Kier alpha value is -2.82. The zero-order valence-electron chi connectivity index (χ0n) is 15.5.